The number of carbonyl (C=O) groups is 2. The SMILES string of the molecule is CCOc1cccc(N(C(=O)CCC(=O)O)c2cc(C(C)(C)C)c(O)c(C(C)(C)C)c2)c1. The van der Waals surface area contributed by atoms with Gasteiger partial charge in [-0.25, -0.2) is 0 Å². The van der Waals surface area contributed by atoms with Gasteiger partial charge in [0, 0.05) is 29.3 Å². The molecule has 0 fully saturated rings. The van der Waals surface area contributed by atoms with E-state index in [1.807, 2.05) is 66.7 Å². The molecule has 0 aromatic heterocycles. The number of hydrogen-bond donors (Lipinski definition) is 2. The predicted octanol–water partition coefficient (Wildman–Crippen LogP) is 5.92. The Hall–Kier alpha value is -3.02. The number of aromatic hydroxyl groups is 1. The Morgan fingerprint density at radius 2 is 1.47 bits per heavy atom. The van der Waals surface area contributed by atoms with Gasteiger partial charge in [-0.05, 0) is 42.0 Å². The van der Waals surface area contributed by atoms with Crippen molar-refractivity contribution in [1.29, 1.82) is 0 Å². The van der Waals surface area contributed by atoms with Gasteiger partial charge in [0.1, 0.15) is 11.5 Å². The van der Waals surface area contributed by atoms with Crippen LogP contribution in [-0.2, 0) is 20.4 Å². The Bertz CT molecular complexity index is 947. The summed E-state index contributed by atoms with van der Waals surface area (Å²) < 4.78 is 5.61. The first-order chi connectivity index (χ1) is 14.8. The first-order valence-electron chi connectivity index (χ1n) is 10.9. The lowest BCUT2D eigenvalue weighted by Crippen LogP contribution is -2.28. The number of rotatable bonds is 7. The van der Waals surface area contributed by atoms with Crippen LogP contribution in [0.5, 0.6) is 11.5 Å². The second kappa shape index (κ2) is 9.63. The molecule has 0 aliphatic rings. The lowest BCUT2D eigenvalue weighted by atomic mass is 9.79. The highest BCUT2D eigenvalue weighted by molar-refractivity contribution is 6.02. The van der Waals surface area contributed by atoms with Crippen LogP contribution >= 0.6 is 0 Å². The number of carbonyl (C=O) groups excluding carboxylic acids is 1. The largest absolute Gasteiger partial charge is 0.507 e. The lowest BCUT2D eigenvalue weighted by molar-refractivity contribution is -0.138. The van der Waals surface area contributed by atoms with Gasteiger partial charge in [0.05, 0.1) is 18.7 Å². The Balaban J connectivity index is 2.76. The zero-order chi connectivity index (χ0) is 24.3. The summed E-state index contributed by atoms with van der Waals surface area (Å²) in [4.78, 5) is 25.9. The third-order valence-electron chi connectivity index (χ3n) is 5.16. The molecule has 0 saturated heterocycles. The maximum atomic E-state index is 13.3. The molecular formula is C26H35NO5. The topological polar surface area (TPSA) is 87.1 Å². The van der Waals surface area contributed by atoms with Crippen molar-refractivity contribution < 1.29 is 24.5 Å². The molecule has 0 heterocycles. The molecule has 0 unspecified atom stereocenters. The monoisotopic (exact) mass is 441 g/mol. The van der Waals surface area contributed by atoms with Crippen molar-refractivity contribution in [1.82, 2.24) is 0 Å². The first-order valence-corrected chi connectivity index (χ1v) is 10.9. The molecule has 0 atom stereocenters. The Labute approximate surface area is 190 Å². The van der Waals surface area contributed by atoms with Gasteiger partial charge in [-0.1, -0.05) is 47.6 Å². The molecule has 2 rings (SSSR count). The number of amides is 1. The molecule has 0 radical (unpaired) electrons. The minimum atomic E-state index is -1.03. The summed E-state index contributed by atoms with van der Waals surface area (Å²) in [7, 11) is 0. The summed E-state index contributed by atoms with van der Waals surface area (Å²) in [6.07, 6.45) is -0.415. The summed E-state index contributed by atoms with van der Waals surface area (Å²) in [5.41, 5.74) is 1.86. The zero-order valence-corrected chi connectivity index (χ0v) is 20.2. The second-order valence-corrected chi connectivity index (χ2v) is 9.94. The van der Waals surface area contributed by atoms with Gasteiger partial charge in [0.15, 0.2) is 0 Å². The molecule has 6 nitrogen and oxygen atoms in total. The van der Waals surface area contributed by atoms with E-state index in [0.717, 1.165) is 11.1 Å². The molecule has 0 saturated carbocycles. The molecule has 1 amide bonds. The van der Waals surface area contributed by atoms with E-state index in [-0.39, 0.29) is 35.3 Å². The fraction of sp³-hybridized carbons (Fsp3) is 0.462. The third kappa shape index (κ3) is 6.02. The molecule has 0 aliphatic heterocycles. The van der Waals surface area contributed by atoms with Crippen LogP contribution in [0.1, 0.15) is 72.4 Å². The van der Waals surface area contributed by atoms with Crippen LogP contribution in [-0.4, -0.2) is 28.7 Å². The van der Waals surface area contributed by atoms with Crippen molar-refractivity contribution in [3.63, 3.8) is 0 Å². The number of benzene rings is 2. The standard InChI is InChI=1S/C26H35NO5/c1-8-32-19-11-9-10-17(14-19)27(22(28)12-13-23(29)30)18-15-20(25(2,3)4)24(31)21(16-18)26(5,6)7/h9-11,14-16,31H,8,12-13H2,1-7H3,(H,29,30). The van der Waals surface area contributed by atoms with Gasteiger partial charge >= 0.3 is 5.97 Å². The first kappa shape index (κ1) is 25.2. The van der Waals surface area contributed by atoms with Crippen molar-refractivity contribution in [2.45, 2.75) is 72.1 Å². The minimum absolute atomic E-state index is 0.148. The summed E-state index contributed by atoms with van der Waals surface area (Å²) >= 11 is 0. The third-order valence-corrected chi connectivity index (χ3v) is 5.16. The Morgan fingerprint density at radius 1 is 0.906 bits per heavy atom. The molecule has 0 aliphatic carbocycles. The van der Waals surface area contributed by atoms with E-state index in [4.69, 9.17) is 9.84 Å². The summed E-state index contributed by atoms with van der Waals surface area (Å²) in [5.74, 6) is -0.536. The van der Waals surface area contributed by atoms with Crippen LogP contribution in [0, 0.1) is 0 Å². The Morgan fingerprint density at radius 3 is 1.94 bits per heavy atom. The normalized spacial score (nSPS) is 11.8. The van der Waals surface area contributed by atoms with Crippen molar-refractivity contribution in [2.75, 3.05) is 11.5 Å². The van der Waals surface area contributed by atoms with E-state index < -0.39 is 5.97 Å². The van der Waals surface area contributed by atoms with E-state index in [2.05, 4.69) is 0 Å². The van der Waals surface area contributed by atoms with E-state index >= 15 is 0 Å². The smallest absolute Gasteiger partial charge is 0.303 e. The lowest BCUT2D eigenvalue weighted by Gasteiger charge is -2.31. The number of anilines is 2. The molecule has 32 heavy (non-hydrogen) atoms. The molecule has 174 valence electrons. The fourth-order valence-electron chi connectivity index (χ4n) is 3.53. The van der Waals surface area contributed by atoms with Gasteiger partial charge in [0.25, 0.3) is 0 Å². The quantitative estimate of drug-likeness (QED) is 0.557. The van der Waals surface area contributed by atoms with Gasteiger partial charge < -0.3 is 14.9 Å². The number of phenols is 1. The maximum Gasteiger partial charge on any atom is 0.303 e. The van der Waals surface area contributed by atoms with E-state index in [1.165, 1.54) is 4.90 Å². The van der Waals surface area contributed by atoms with Crippen LogP contribution in [0.4, 0.5) is 11.4 Å². The van der Waals surface area contributed by atoms with Crippen molar-refractivity contribution >= 4 is 23.3 Å². The van der Waals surface area contributed by atoms with Crippen LogP contribution < -0.4 is 9.64 Å². The predicted molar refractivity (Wildman–Crippen MR) is 127 cm³/mol. The number of carboxylic acid groups (broad SMARTS) is 1. The number of carboxylic acids is 1. The van der Waals surface area contributed by atoms with Crippen LogP contribution in [0.25, 0.3) is 0 Å². The summed E-state index contributed by atoms with van der Waals surface area (Å²) in [5, 5.41) is 20.2. The van der Waals surface area contributed by atoms with E-state index in [0.29, 0.717) is 23.7 Å². The molecule has 2 N–H and O–H groups in total. The second-order valence-electron chi connectivity index (χ2n) is 9.94. The Kier molecular flexibility index (Phi) is 7.60. The van der Waals surface area contributed by atoms with Crippen LogP contribution in [0.3, 0.4) is 0 Å². The van der Waals surface area contributed by atoms with Gasteiger partial charge in [-0.15, -0.1) is 0 Å². The number of aliphatic carboxylic acids is 1. The minimum Gasteiger partial charge on any atom is -0.507 e. The highest BCUT2D eigenvalue weighted by Gasteiger charge is 2.29. The molecule has 0 spiro atoms. The number of phenolic OH excluding ortho intramolecular Hbond substituents is 1. The summed E-state index contributed by atoms with van der Waals surface area (Å²) in [6, 6.07) is 10.8. The maximum absolute atomic E-state index is 13.3. The van der Waals surface area contributed by atoms with Gasteiger partial charge in [0.2, 0.25) is 5.91 Å². The number of hydrogen-bond acceptors (Lipinski definition) is 4. The van der Waals surface area contributed by atoms with E-state index in [1.54, 1.807) is 18.2 Å². The number of ether oxygens (including phenoxy) is 1. The molecular weight excluding hydrogens is 406 g/mol. The molecule has 6 heteroatoms. The van der Waals surface area contributed by atoms with Crippen LogP contribution in [0.2, 0.25) is 0 Å². The average Bonchev–Trinajstić information content (AvgIpc) is 2.66. The van der Waals surface area contributed by atoms with E-state index in [9.17, 15) is 14.7 Å². The molecule has 2 aromatic carbocycles. The van der Waals surface area contributed by atoms with Gasteiger partial charge in [-0.3, -0.25) is 14.5 Å². The molecule has 0 bridgehead atoms. The highest BCUT2D eigenvalue weighted by Crippen LogP contribution is 2.43. The average molecular weight is 442 g/mol. The fourth-order valence-corrected chi connectivity index (χ4v) is 3.53. The van der Waals surface area contributed by atoms with Crippen molar-refractivity contribution in [2.24, 2.45) is 0 Å². The number of nitrogens with zero attached hydrogens (tertiary/aromatic N) is 1. The zero-order valence-electron chi connectivity index (χ0n) is 20.2. The van der Waals surface area contributed by atoms with Gasteiger partial charge in [-0.2, -0.15) is 0 Å². The van der Waals surface area contributed by atoms with Crippen molar-refractivity contribution in [3.05, 3.63) is 47.5 Å². The highest BCUT2D eigenvalue weighted by atomic mass is 16.5. The molecule has 2 aromatic rings. The summed E-state index contributed by atoms with van der Waals surface area (Å²) in [6.45, 7) is 14.4. The van der Waals surface area contributed by atoms with Crippen LogP contribution in [0.15, 0.2) is 36.4 Å². The van der Waals surface area contributed by atoms with Crippen molar-refractivity contribution in [3.8, 4) is 11.5 Å².